The molecule has 8 heteroatoms. The second-order valence-corrected chi connectivity index (χ2v) is 4.48. The predicted molar refractivity (Wildman–Crippen MR) is 85.2 cm³/mol. The van der Waals surface area contributed by atoms with Crippen molar-refractivity contribution in [2.75, 3.05) is 13.7 Å². The molecule has 0 radical (unpaired) electrons. The third-order valence-corrected chi connectivity index (χ3v) is 2.66. The highest BCUT2D eigenvalue weighted by atomic mass is 16.5. The van der Waals surface area contributed by atoms with Gasteiger partial charge in [-0.1, -0.05) is 6.07 Å². The molecule has 0 unspecified atom stereocenters. The molecule has 0 saturated carbocycles. The number of carboxylic acid groups (broad SMARTS) is 2. The van der Waals surface area contributed by atoms with Crippen LogP contribution in [0.25, 0.3) is 6.08 Å². The highest BCUT2D eigenvalue weighted by Gasteiger charge is 2.08. The van der Waals surface area contributed by atoms with Gasteiger partial charge in [0.2, 0.25) is 0 Å². The molecular weight excluding hydrogens is 304 g/mol. The maximum Gasteiger partial charge on any atom is 0.328 e. The van der Waals surface area contributed by atoms with E-state index < -0.39 is 18.0 Å². The Labute approximate surface area is 134 Å². The molecule has 0 amide bonds. The van der Waals surface area contributed by atoms with E-state index in [9.17, 15) is 14.7 Å². The lowest BCUT2D eigenvalue weighted by molar-refractivity contribution is -0.138. The number of hydrogen-bond acceptors (Lipinski definition) is 6. The largest absolute Gasteiger partial charge is 0.504 e. The Balaban J connectivity index is 0.000000468. The summed E-state index contributed by atoms with van der Waals surface area (Å²) in [5.41, 5.74) is 10.9. The van der Waals surface area contributed by atoms with E-state index in [-0.39, 0.29) is 5.75 Å². The number of ether oxygens (including phenoxy) is 1. The first-order chi connectivity index (χ1) is 10.8. The SMILES string of the molecule is COc1cc(/C=C/C(=O)O)ccc1O.NCCC[C@H](N)C(=O)O. The molecule has 0 bridgehead atoms. The smallest absolute Gasteiger partial charge is 0.328 e. The van der Waals surface area contributed by atoms with E-state index in [1.165, 1.54) is 19.3 Å². The fourth-order valence-electron chi connectivity index (χ4n) is 1.43. The first kappa shape index (κ1) is 20.4. The average molecular weight is 326 g/mol. The normalized spacial score (nSPS) is 11.4. The quantitative estimate of drug-likeness (QED) is 0.457. The lowest BCUT2D eigenvalue weighted by atomic mass is 10.2. The van der Waals surface area contributed by atoms with E-state index in [1.807, 2.05) is 0 Å². The molecule has 23 heavy (non-hydrogen) atoms. The standard InChI is InChI=1S/C10H10O4.C5H12N2O2/c1-14-9-6-7(2-4-8(9)11)3-5-10(12)13;6-3-1-2-4(7)5(8)9/h2-6,11H,1H3,(H,12,13);4H,1-3,6-7H2,(H,8,9)/b5-3+;/t;4-/m.0/s1. The van der Waals surface area contributed by atoms with E-state index in [0.717, 1.165) is 6.08 Å². The Morgan fingerprint density at radius 1 is 1.35 bits per heavy atom. The number of rotatable bonds is 7. The molecule has 1 aromatic rings. The van der Waals surface area contributed by atoms with Crippen molar-refractivity contribution in [1.29, 1.82) is 0 Å². The molecule has 0 aromatic heterocycles. The van der Waals surface area contributed by atoms with Crippen molar-refractivity contribution in [3.8, 4) is 11.5 Å². The Morgan fingerprint density at radius 3 is 2.48 bits per heavy atom. The van der Waals surface area contributed by atoms with Gasteiger partial charge < -0.3 is 31.5 Å². The Kier molecular flexibility index (Phi) is 9.81. The monoisotopic (exact) mass is 326 g/mol. The Hall–Kier alpha value is -2.58. The van der Waals surface area contributed by atoms with Crippen molar-refractivity contribution >= 4 is 18.0 Å². The van der Waals surface area contributed by atoms with E-state index in [0.29, 0.717) is 30.7 Å². The number of carbonyl (C=O) groups is 2. The van der Waals surface area contributed by atoms with Crippen molar-refractivity contribution in [1.82, 2.24) is 0 Å². The van der Waals surface area contributed by atoms with Crippen LogP contribution in [0.15, 0.2) is 24.3 Å². The third kappa shape index (κ3) is 9.12. The van der Waals surface area contributed by atoms with E-state index in [1.54, 1.807) is 12.1 Å². The molecule has 1 aromatic carbocycles. The van der Waals surface area contributed by atoms with Gasteiger partial charge in [-0.05, 0) is 43.2 Å². The molecule has 0 aliphatic carbocycles. The number of aromatic hydroxyl groups is 1. The first-order valence-electron chi connectivity index (χ1n) is 6.78. The summed E-state index contributed by atoms with van der Waals surface area (Å²) in [5, 5.41) is 25.9. The van der Waals surface area contributed by atoms with Crippen LogP contribution in [0.5, 0.6) is 11.5 Å². The lowest BCUT2D eigenvalue weighted by Gasteiger charge is -2.03. The van der Waals surface area contributed by atoms with E-state index in [4.69, 9.17) is 26.4 Å². The molecule has 0 heterocycles. The summed E-state index contributed by atoms with van der Waals surface area (Å²) in [7, 11) is 1.43. The maximum atomic E-state index is 10.2. The molecule has 8 nitrogen and oxygen atoms in total. The topological polar surface area (TPSA) is 156 Å². The number of phenols is 1. The Bertz CT molecular complexity index is 545. The molecule has 1 rings (SSSR count). The van der Waals surface area contributed by atoms with Crippen LogP contribution in [-0.2, 0) is 9.59 Å². The van der Waals surface area contributed by atoms with Crippen LogP contribution in [0.1, 0.15) is 18.4 Å². The van der Waals surface area contributed by atoms with Crippen LogP contribution >= 0.6 is 0 Å². The van der Waals surface area contributed by atoms with Gasteiger partial charge in [0.05, 0.1) is 7.11 Å². The minimum absolute atomic E-state index is 0.0278. The molecule has 1 atom stereocenters. The second-order valence-electron chi connectivity index (χ2n) is 4.48. The third-order valence-electron chi connectivity index (χ3n) is 2.66. The number of hydrogen-bond donors (Lipinski definition) is 5. The van der Waals surface area contributed by atoms with E-state index in [2.05, 4.69) is 0 Å². The van der Waals surface area contributed by atoms with E-state index >= 15 is 0 Å². The van der Waals surface area contributed by atoms with Crippen molar-refractivity contribution in [2.24, 2.45) is 11.5 Å². The van der Waals surface area contributed by atoms with Crippen molar-refractivity contribution < 1.29 is 29.6 Å². The van der Waals surface area contributed by atoms with Crippen LogP contribution in [0, 0.1) is 0 Å². The summed E-state index contributed by atoms with van der Waals surface area (Å²) in [6, 6.07) is 3.85. The van der Waals surface area contributed by atoms with Gasteiger partial charge in [-0.3, -0.25) is 4.79 Å². The summed E-state index contributed by atoms with van der Waals surface area (Å²) in [6.45, 7) is 0.501. The lowest BCUT2D eigenvalue weighted by Crippen LogP contribution is -2.30. The molecule has 0 aliphatic rings. The van der Waals surface area contributed by atoms with Crippen LogP contribution in [0.3, 0.4) is 0 Å². The summed E-state index contributed by atoms with van der Waals surface area (Å²) in [4.78, 5) is 20.3. The summed E-state index contributed by atoms with van der Waals surface area (Å²) in [6.07, 6.45) is 3.58. The van der Waals surface area contributed by atoms with Crippen molar-refractivity contribution in [2.45, 2.75) is 18.9 Å². The van der Waals surface area contributed by atoms with Gasteiger partial charge in [0.15, 0.2) is 11.5 Å². The Morgan fingerprint density at radius 2 is 2.00 bits per heavy atom. The van der Waals surface area contributed by atoms with Gasteiger partial charge in [0.25, 0.3) is 0 Å². The number of nitrogens with two attached hydrogens (primary N) is 2. The number of aliphatic carboxylic acids is 2. The van der Waals surface area contributed by atoms with Gasteiger partial charge in [-0.15, -0.1) is 0 Å². The predicted octanol–water partition coefficient (Wildman–Crippen LogP) is 0.636. The molecule has 7 N–H and O–H groups in total. The molecule has 0 saturated heterocycles. The summed E-state index contributed by atoms with van der Waals surface area (Å²) >= 11 is 0. The second kappa shape index (κ2) is 11.0. The average Bonchev–Trinajstić information content (AvgIpc) is 2.52. The minimum Gasteiger partial charge on any atom is -0.504 e. The highest BCUT2D eigenvalue weighted by Crippen LogP contribution is 2.26. The fourth-order valence-corrected chi connectivity index (χ4v) is 1.43. The first-order valence-corrected chi connectivity index (χ1v) is 6.78. The number of methoxy groups -OCH3 is 1. The van der Waals surface area contributed by atoms with Gasteiger partial charge in [-0.2, -0.15) is 0 Å². The van der Waals surface area contributed by atoms with Gasteiger partial charge in [0, 0.05) is 6.08 Å². The summed E-state index contributed by atoms with van der Waals surface area (Å²) in [5.74, 6) is -1.63. The zero-order chi connectivity index (χ0) is 17.8. The number of carboxylic acids is 2. The van der Waals surface area contributed by atoms with Gasteiger partial charge in [-0.25, -0.2) is 4.79 Å². The minimum atomic E-state index is -1.02. The molecule has 0 spiro atoms. The van der Waals surface area contributed by atoms with Gasteiger partial charge in [0.1, 0.15) is 6.04 Å². The summed E-state index contributed by atoms with van der Waals surface area (Å²) < 4.78 is 4.86. The fraction of sp³-hybridized carbons (Fsp3) is 0.333. The van der Waals surface area contributed by atoms with Crippen LogP contribution in [0.4, 0.5) is 0 Å². The zero-order valence-electron chi connectivity index (χ0n) is 12.8. The molecule has 128 valence electrons. The molecular formula is C15H22N2O6. The highest BCUT2D eigenvalue weighted by molar-refractivity contribution is 5.85. The van der Waals surface area contributed by atoms with Gasteiger partial charge >= 0.3 is 11.9 Å². The number of phenolic OH excluding ortho intramolecular Hbond substituents is 1. The van der Waals surface area contributed by atoms with Crippen molar-refractivity contribution in [3.63, 3.8) is 0 Å². The van der Waals surface area contributed by atoms with Crippen LogP contribution in [0.2, 0.25) is 0 Å². The molecule has 0 aliphatic heterocycles. The van der Waals surface area contributed by atoms with Crippen LogP contribution < -0.4 is 16.2 Å². The van der Waals surface area contributed by atoms with Crippen LogP contribution in [-0.4, -0.2) is 47.0 Å². The number of benzene rings is 1. The molecule has 0 fully saturated rings. The zero-order valence-corrected chi connectivity index (χ0v) is 12.8. The maximum absolute atomic E-state index is 10.2. The van der Waals surface area contributed by atoms with Crippen molar-refractivity contribution in [3.05, 3.63) is 29.8 Å².